The summed E-state index contributed by atoms with van der Waals surface area (Å²) in [5.41, 5.74) is -0.464. The van der Waals surface area contributed by atoms with E-state index in [1.165, 1.54) is 6.42 Å². The van der Waals surface area contributed by atoms with E-state index in [1.54, 1.807) is 0 Å². The summed E-state index contributed by atoms with van der Waals surface area (Å²) in [6.45, 7) is 6.33. The zero-order valence-corrected chi connectivity index (χ0v) is 10.9. The van der Waals surface area contributed by atoms with Crippen LogP contribution in [0.3, 0.4) is 0 Å². The quantitative estimate of drug-likeness (QED) is 0.792. The van der Waals surface area contributed by atoms with Crippen LogP contribution in [-0.4, -0.2) is 11.2 Å². The maximum Gasteiger partial charge on any atom is 0.0837 e. The molecular formula is C14H25NO. The summed E-state index contributed by atoms with van der Waals surface area (Å²) >= 11 is 0. The minimum Gasteiger partial charge on any atom is -0.391 e. The highest BCUT2D eigenvalue weighted by molar-refractivity contribution is 5.07. The van der Waals surface area contributed by atoms with Crippen molar-refractivity contribution in [2.75, 3.05) is 0 Å². The van der Waals surface area contributed by atoms with Crippen molar-refractivity contribution in [3.8, 4) is 6.07 Å². The summed E-state index contributed by atoms with van der Waals surface area (Å²) in [6.07, 6.45) is 5.73. The van der Waals surface area contributed by atoms with E-state index >= 15 is 0 Å². The fraction of sp³-hybridized carbons (Fsp3) is 0.929. The molecule has 1 N–H and O–H groups in total. The molecular weight excluding hydrogens is 198 g/mol. The molecule has 0 heterocycles. The predicted octanol–water partition coefficient (Wildman–Crippen LogP) is 3.50. The first kappa shape index (κ1) is 13.5. The van der Waals surface area contributed by atoms with E-state index in [2.05, 4.69) is 26.8 Å². The molecule has 92 valence electrons. The number of aliphatic hydroxyl groups is 1. The van der Waals surface area contributed by atoms with Crippen LogP contribution in [0.4, 0.5) is 0 Å². The Kier molecular flexibility index (Phi) is 4.80. The Hall–Kier alpha value is -0.550. The predicted molar refractivity (Wildman–Crippen MR) is 65.8 cm³/mol. The number of rotatable bonds is 4. The van der Waals surface area contributed by atoms with Gasteiger partial charge in [0.15, 0.2) is 0 Å². The van der Waals surface area contributed by atoms with Crippen LogP contribution < -0.4 is 0 Å². The van der Waals surface area contributed by atoms with Gasteiger partial charge in [0.25, 0.3) is 0 Å². The van der Waals surface area contributed by atoms with Crippen molar-refractivity contribution in [2.45, 2.75) is 65.4 Å². The smallest absolute Gasteiger partial charge is 0.0837 e. The van der Waals surface area contributed by atoms with E-state index in [4.69, 9.17) is 0 Å². The molecule has 16 heavy (non-hydrogen) atoms. The van der Waals surface area contributed by atoms with Crippen molar-refractivity contribution in [3.05, 3.63) is 0 Å². The average molecular weight is 223 g/mol. The molecule has 0 radical (unpaired) electrons. The second-order valence-corrected chi connectivity index (χ2v) is 5.47. The molecule has 0 saturated heterocycles. The van der Waals surface area contributed by atoms with Crippen molar-refractivity contribution in [1.82, 2.24) is 0 Å². The van der Waals surface area contributed by atoms with Gasteiger partial charge in [-0.3, -0.25) is 0 Å². The van der Waals surface area contributed by atoms with Crippen LogP contribution in [-0.2, 0) is 0 Å². The molecule has 4 unspecified atom stereocenters. The van der Waals surface area contributed by atoms with E-state index in [0.717, 1.165) is 32.1 Å². The molecule has 1 fully saturated rings. The van der Waals surface area contributed by atoms with Gasteiger partial charge in [-0.05, 0) is 24.7 Å². The first-order valence-electron chi connectivity index (χ1n) is 6.69. The average Bonchev–Trinajstić information content (AvgIpc) is 2.36. The van der Waals surface area contributed by atoms with Gasteiger partial charge in [-0.25, -0.2) is 0 Å². The highest BCUT2D eigenvalue weighted by atomic mass is 16.3. The molecule has 1 saturated carbocycles. The van der Waals surface area contributed by atoms with Crippen molar-refractivity contribution < 1.29 is 5.11 Å². The minimum absolute atomic E-state index is 0.232. The molecule has 0 amide bonds. The number of nitrogens with zero attached hydrogens (tertiary/aromatic N) is 1. The first-order chi connectivity index (χ1) is 7.59. The lowest BCUT2D eigenvalue weighted by Crippen LogP contribution is -2.42. The topological polar surface area (TPSA) is 44.0 Å². The molecule has 4 atom stereocenters. The van der Waals surface area contributed by atoms with Crippen LogP contribution in [0.2, 0.25) is 0 Å². The lowest BCUT2D eigenvalue weighted by atomic mass is 9.64. The summed E-state index contributed by atoms with van der Waals surface area (Å²) in [5, 5.41) is 19.8. The maximum absolute atomic E-state index is 10.4. The third-order valence-electron chi connectivity index (χ3n) is 4.44. The van der Waals surface area contributed by atoms with E-state index in [1.807, 2.05) is 0 Å². The summed E-state index contributed by atoms with van der Waals surface area (Å²) in [4.78, 5) is 0. The second kappa shape index (κ2) is 5.68. The van der Waals surface area contributed by atoms with E-state index in [0.29, 0.717) is 5.92 Å². The van der Waals surface area contributed by atoms with Crippen molar-refractivity contribution in [1.29, 1.82) is 5.26 Å². The molecule has 0 aromatic carbocycles. The lowest BCUT2D eigenvalue weighted by Gasteiger charge is -2.41. The number of nitriles is 1. The SMILES string of the molecule is CCC1CCCC(C#N)(C(O)C(C)CC)C1. The van der Waals surface area contributed by atoms with Gasteiger partial charge in [0, 0.05) is 0 Å². The van der Waals surface area contributed by atoms with Gasteiger partial charge >= 0.3 is 0 Å². The second-order valence-electron chi connectivity index (χ2n) is 5.47. The summed E-state index contributed by atoms with van der Waals surface area (Å²) < 4.78 is 0. The zero-order chi connectivity index (χ0) is 12.2. The third-order valence-corrected chi connectivity index (χ3v) is 4.44. The normalized spacial score (nSPS) is 34.1. The monoisotopic (exact) mass is 223 g/mol. The maximum atomic E-state index is 10.4. The van der Waals surface area contributed by atoms with Gasteiger partial charge in [-0.1, -0.05) is 46.5 Å². The molecule has 1 aliphatic carbocycles. The van der Waals surface area contributed by atoms with Crippen LogP contribution in [0.15, 0.2) is 0 Å². The molecule has 1 rings (SSSR count). The Morgan fingerprint density at radius 1 is 1.50 bits per heavy atom. The molecule has 2 nitrogen and oxygen atoms in total. The van der Waals surface area contributed by atoms with Gasteiger partial charge in [0.1, 0.15) is 0 Å². The Morgan fingerprint density at radius 2 is 2.19 bits per heavy atom. The molecule has 0 aromatic rings. The molecule has 0 aliphatic heterocycles. The fourth-order valence-electron chi connectivity index (χ4n) is 2.98. The molecule has 2 heteroatoms. The molecule has 0 spiro atoms. The Morgan fingerprint density at radius 3 is 2.69 bits per heavy atom. The van der Waals surface area contributed by atoms with Crippen LogP contribution in [0.25, 0.3) is 0 Å². The highest BCUT2D eigenvalue weighted by Crippen LogP contribution is 2.44. The van der Waals surface area contributed by atoms with Gasteiger partial charge < -0.3 is 5.11 Å². The molecule has 0 bridgehead atoms. The molecule has 0 aromatic heterocycles. The van der Waals surface area contributed by atoms with Crippen molar-refractivity contribution in [2.24, 2.45) is 17.3 Å². The van der Waals surface area contributed by atoms with Crippen LogP contribution in [0.1, 0.15) is 59.3 Å². The van der Waals surface area contributed by atoms with E-state index in [9.17, 15) is 10.4 Å². The fourth-order valence-corrected chi connectivity index (χ4v) is 2.98. The Bertz CT molecular complexity index is 256. The number of aliphatic hydroxyl groups excluding tert-OH is 1. The van der Waals surface area contributed by atoms with Gasteiger partial charge in [0.2, 0.25) is 0 Å². The number of hydrogen-bond acceptors (Lipinski definition) is 2. The van der Waals surface area contributed by atoms with Gasteiger partial charge in [0.05, 0.1) is 17.6 Å². The Balaban J connectivity index is 2.80. The van der Waals surface area contributed by atoms with Crippen LogP contribution in [0.5, 0.6) is 0 Å². The highest BCUT2D eigenvalue weighted by Gasteiger charge is 2.43. The molecule has 1 aliphatic rings. The van der Waals surface area contributed by atoms with E-state index in [-0.39, 0.29) is 5.92 Å². The minimum atomic E-state index is -0.464. The Labute approximate surface area is 99.7 Å². The number of hydrogen-bond donors (Lipinski definition) is 1. The van der Waals surface area contributed by atoms with Gasteiger partial charge in [-0.2, -0.15) is 5.26 Å². The van der Waals surface area contributed by atoms with Crippen molar-refractivity contribution in [3.63, 3.8) is 0 Å². The third kappa shape index (κ3) is 2.58. The largest absolute Gasteiger partial charge is 0.391 e. The summed E-state index contributed by atoms with van der Waals surface area (Å²) in [5.74, 6) is 0.863. The summed E-state index contributed by atoms with van der Waals surface area (Å²) in [6, 6.07) is 2.45. The lowest BCUT2D eigenvalue weighted by molar-refractivity contribution is -0.0161. The summed E-state index contributed by atoms with van der Waals surface area (Å²) in [7, 11) is 0. The van der Waals surface area contributed by atoms with E-state index < -0.39 is 11.5 Å². The zero-order valence-electron chi connectivity index (χ0n) is 10.9. The first-order valence-corrected chi connectivity index (χ1v) is 6.69. The standard InChI is InChI=1S/C14H25NO/c1-4-11(3)13(16)14(10-15)8-6-7-12(5-2)9-14/h11-13,16H,4-9H2,1-3H3. The van der Waals surface area contributed by atoms with Crippen molar-refractivity contribution >= 4 is 0 Å². The van der Waals surface area contributed by atoms with Crippen LogP contribution in [0, 0.1) is 28.6 Å². The van der Waals surface area contributed by atoms with Gasteiger partial charge in [-0.15, -0.1) is 0 Å². The van der Waals surface area contributed by atoms with Crippen LogP contribution >= 0.6 is 0 Å².